The molecule has 0 N–H and O–H groups in total. The van der Waals surface area contributed by atoms with Gasteiger partial charge in [0.05, 0.1) is 11.9 Å². The van der Waals surface area contributed by atoms with Gasteiger partial charge in [-0.1, -0.05) is 0 Å². The van der Waals surface area contributed by atoms with Gasteiger partial charge in [0, 0.05) is 13.8 Å². The zero-order valence-electron chi connectivity index (χ0n) is 8.87. The van der Waals surface area contributed by atoms with Crippen molar-refractivity contribution in [2.45, 2.75) is 27.7 Å². The molecule has 0 atom stereocenters. The summed E-state index contributed by atoms with van der Waals surface area (Å²) in [5, 5.41) is 0. The third-order valence-corrected chi connectivity index (χ3v) is 1.47. The summed E-state index contributed by atoms with van der Waals surface area (Å²) in [6.45, 7) is 7.43. The molecule has 0 fully saturated rings. The smallest absolute Gasteiger partial charge is 0.191 e. The third kappa shape index (κ3) is 3.43. The van der Waals surface area contributed by atoms with Gasteiger partial charge in [0.2, 0.25) is 0 Å². The fourth-order valence-electron chi connectivity index (χ4n) is 0.939. The van der Waals surface area contributed by atoms with E-state index in [-0.39, 0.29) is 0 Å². The molecular formula is C10H14N2O2. The Kier molecular flexibility index (Phi) is 3.45. The number of aryl methyl sites for hydroxylation is 4. The lowest BCUT2D eigenvalue weighted by Gasteiger charge is -1.73. The second-order valence-electron chi connectivity index (χ2n) is 3.00. The van der Waals surface area contributed by atoms with Crippen molar-refractivity contribution >= 4 is 0 Å². The lowest BCUT2D eigenvalue weighted by molar-refractivity contribution is 0.494. The van der Waals surface area contributed by atoms with Crippen LogP contribution in [0.15, 0.2) is 21.3 Å². The van der Waals surface area contributed by atoms with Crippen molar-refractivity contribution in [1.82, 2.24) is 9.97 Å². The minimum absolute atomic E-state index is 0.734. The Balaban J connectivity index is 0.000000140. The monoisotopic (exact) mass is 194 g/mol. The topological polar surface area (TPSA) is 52.1 Å². The summed E-state index contributed by atoms with van der Waals surface area (Å²) in [6, 6.07) is 0. The van der Waals surface area contributed by atoms with Crippen LogP contribution < -0.4 is 0 Å². The number of oxazole rings is 2. The van der Waals surface area contributed by atoms with Crippen LogP contribution in [0, 0.1) is 27.7 Å². The first-order valence-electron chi connectivity index (χ1n) is 4.35. The summed E-state index contributed by atoms with van der Waals surface area (Å²) < 4.78 is 9.83. The van der Waals surface area contributed by atoms with Crippen molar-refractivity contribution in [3.8, 4) is 0 Å². The van der Waals surface area contributed by atoms with Gasteiger partial charge < -0.3 is 8.83 Å². The fourth-order valence-corrected chi connectivity index (χ4v) is 0.939. The molecule has 0 aromatic carbocycles. The zero-order chi connectivity index (χ0) is 10.6. The van der Waals surface area contributed by atoms with Gasteiger partial charge in [-0.15, -0.1) is 0 Å². The van der Waals surface area contributed by atoms with Gasteiger partial charge in [0.15, 0.2) is 11.8 Å². The van der Waals surface area contributed by atoms with E-state index >= 15 is 0 Å². The number of aromatic nitrogens is 2. The normalized spacial score (nSPS) is 9.43. The van der Waals surface area contributed by atoms with Crippen LogP contribution >= 0.6 is 0 Å². The van der Waals surface area contributed by atoms with Crippen molar-refractivity contribution in [2.24, 2.45) is 0 Å². The second-order valence-corrected chi connectivity index (χ2v) is 3.00. The van der Waals surface area contributed by atoms with E-state index in [2.05, 4.69) is 9.97 Å². The molecule has 2 rings (SSSR count). The number of hydrogen-bond donors (Lipinski definition) is 0. The molecule has 2 heterocycles. The van der Waals surface area contributed by atoms with Crippen molar-refractivity contribution in [3.05, 3.63) is 35.7 Å². The molecule has 2 aromatic heterocycles. The zero-order valence-corrected chi connectivity index (χ0v) is 8.87. The van der Waals surface area contributed by atoms with Gasteiger partial charge in [-0.25, -0.2) is 9.97 Å². The van der Waals surface area contributed by atoms with Gasteiger partial charge in [0.1, 0.15) is 12.0 Å². The molecule has 4 heteroatoms. The standard InChI is InChI=1S/2C5H7NO/c1-4-3-7-5(2)6-4;1-4-3-6-5(2)7-4/h2*3H,1-2H3. The van der Waals surface area contributed by atoms with Crippen molar-refractivity contribution in [3.63, 3.8) is 0 Å². The Bertz CT molecular complexity index is 319. The first-order valence-corrected chi connectivity index (χ1v) is 4.35. The molecule has 0 saturated carbocycles. The molecule has 2 aromatic rings. The molecule has 0 aliphatic heterocycles. The third-order valence-electron chi connectivity index (χ3n) is 1.47. The highest BCUT2D eigenvalue weighted by atomic mass is 16.3. The van der Waals surface area contributed by atoms with Crippen LogP contribution in [0.4, 0.5) is 0 Å². The Morgan fingerprint density at radius 3 is 1.93 bits per heavy atom. The number of nitrogens with zero attached hydrogens (tertiary/aromatic N) is 2. The first-order chi connectivity index (χ1) is 6.58. The number of hydrogen-bond acceptors (Lipinski definition) is 4. The van der Waals surface area contributed by atoms with Crippen LogP contribution in [-0.4, -0.2) is 9.97 Å². The van der Waals surface area contributed by atoms with Gasteiger partial charge in [-0.3, -0.25) is 0 Å². The fraction of sp³-hybridized carbons (Fsp3) is 0.400. The van der Waals surface area contributed by atoms with E-state index in [1.807, 2.05) is 27.7 Å². The molecule has 0 saturated heterocycles. The molecule has 4 nitrogen and oxygen atoms in total. The van der Waals surface area contributed by atoms with E-state index in [1.165, 1.54) is 0 Å². The maximum Gasteiger partial charge on any atom is 0.191 e. The molecular weight excluding hydrogens is 180 g/mol. The van der Waals surface area contributed by atoms with Crippen LogP contribution in [-0.2, 0) is 0 Å². The predicted octanol–water partition coefficient (Wildman–Crippen LogP) is 2.58. The van der Waals surface area contributed by atoms with Crippen molar-refractivity contribution in [1.29, 1.82) is 0 Å². The molecule has 0 unspecified atom stereocenters. The van der Waals surface area contributed by atoms with Crippen LogP contribution in [0.3, 0.4) is 0 Å². The highest BCUT2D eigenvalue weighted by molar-refractivity contribution is 4.90. The Hall–Kier alpha value is -1.58. The molecule has 0 bridgehead atoms. The summed E-state index contributed by atoms with van der Waals surface area (Å²) >= 11 is 0. The Morgan fingerprint density at radius 2 is 1.79 bits per heavy atom. The summed E-state index contributed by atoms with van der Waals surface area (Å²) in [4.78, 5) is 7.79. The molecule has 0 aliphatic rings. The maximum atomic E-state index is 4.97. The van der Waals surface area contributed by atoms with Gasteiger partial charge in [-0.05, 0) is 13.8 Å². The number of rotatable bonds is 0. The van der Waals surface area contributed by atoms with Crippen LogP contribution in [0.5, 0.6) is 0 Å². The molecule has 0 radical (unpaired) electrons. The summed E-state index contributed by atoms with van der Waals surface area (Å²) in [5.74, 6) is 2.34. The highest BCUT2D eigenvalue weighted by Crippen LogP contribution is 1.97. The average molecular weight is 194 g/mol. The van der Waals surface area contributed by atoms with Crippen LogP contribution in [0.2, 0.25) is 0 Å². The first kappa shape index (κ1) is 10.5. The molecule has 14 heavy (non-hydrogen) atoms. The minimum atomic E-state index is 0.734. The van der Waals surface area contributed by atoms with E-state index in [4.69, 9.17) is 8.83 Å². The second kappa shape index (κ2) is 4.60. The van der Waals surface area contributed by atoms with E-state index in [0.29, 0.717) is 0 Å². The Labute approximate surface area is 83.0 Å². The summed E-state index contributed by atoms with van der Waals surface area (Å²) in [5.41, 5.74) is 0.942. The molecule has 0 amide bonds. The van der Waals surface area contributed by atoms with Gasteiger partial charge >= 0.3 is 0 Å². The molecule has 0 aliphatic carbocycles. The van der Waals surface area contributed by atoms with Gasteiger partial charge in [-0.2, -0.15) is 0 Å². The van der Waals surface area contributed by atoms with E-state index in [9.17, 15) is 0 Å². The van der Waals surface area contributed by atoms with Gasteiger partial charge in [0.25, 0.3) is 0 Å². The average Bonchev–Trinajstić information content (AvgIpc) is 2.63. The summed E-state index contributed by atoms with van der Waals surface area (Å²) in [7, 11) is 0. The van der Waals surface area contributed by atoms with Crippen molar-refractivity contribution < 1.29 is 8.83 Å². The van der Waals surface area contributed by atoms with Crippen LogP contribution in [0.1, 0.15) is 23.2 Å². The highest BCUT2D eigenvalue weighted by Gasteiger charge is 1.88. The summed E-state index contributed by atoms with van der Waals surface area (Å²) in [6.07, 6.45) is 3.34. The quantitative estimate of drug-likeness (QED) is 0.646. The minimum Gasteiger partial charge on any atom is -0.449 e. The van der Waals surface area contributed by atoms with E-state index in [0.717, 1.165) is 23.2 Å². The lowest BCUT2D eigenvalue weighted by atomic mass is 10.6. The van der Waals surface area contributed by atoms with E-state index in [1.54, 1.807) is 12.5 Å². The van der Waals surface area contributed by atoms with E-state index < -0.39 is 0 Å². The largest absolute Gasteiger partial charge is 0.449 e. The van der Waals surface area contributed by atoms with Crippen LogP contribution in [0.25, 0.3) is 0 Å². The predicted molar refractivity (Wildman–Crippen MR) is 52.0 cm³/mol. The molecule has 0 spiro atoms. The Morgan fingerprint density at radius 1 is 1.07 bits per heavy atom. The maximum absolute atomic E-state index is 4.97. The SMILES string of the molecule is Cc1cnc(C)o1.Cc1coc(C)n1. The lowest BCUT2D eigenvalue weighted by Crippen LogP contribution is -1.67. The molecule has 76 valence electrons. The van der Waals surface area contributed by atoms with Crippen molar-refractivity contribution in [2.75, 3.05) is 0 Å².